The van der Waals surface area contributed by atoms with Gasteiger partial charge in [-0.05, 0) is 44.3 Å². The van der Waals surface area contributed by atoms with Crippen molar-refractivity contribution in [1.82, 2.24) is 14.7 Å². The van der Waals surface area contributed by atoms with Crippen LogP contribution in [0.2, 0.25) is 0 Å². The molecule has 0 aromatic carbocycles. The molecule has 1 aliphatic rings. The molecule has 1 saturated carbocycles. The van der Waals surface area contributed by atoms with E-state index in [4.69, 9.17) is 0 Å². The molecule has 0 aliphatic heterocycles. The molecule has 0 saturated heterocycles. The number of hydrogen-bond acceptors (Lipinski definition) is 5. The quantitative estimate of drug-likeness (QED) is 0.835. The van der Waals surface area contributed by atoms with E-state index in [1.807, 2.05) is 18.7 Å². The van der Waals surface area contributed by atoms with E-state index >= 15 is 0 Å². The normalized spacial score (nSPS) is 19.4. The second kappa shape index (κ2) is 6.71. The van der Waals surface area contributed by atoms with Gasteiger partial charge in [0.05, 0.1) is 0 Å². The van der Waals surface area contributed by atoms with Crippen LogP contribution in [0.25, 0.3) is 0 Å². The van der Waals surface area contributed by atoms with E-state index in [-0.39, 0.29) is 0 Å². The van der Waals surface area contributed by atoms with E-state index in [2.05, 4.69) is 21.7 Å². The van der Waals surface area contributed by atoms with Gasteiger partial charge < -0.3 is 5.32 Å². The molecule has 3 nitrogen and oxygen atoms in total. The van der Waals surface area contributed by atoms with Crippen molar-refractivity contribution < 1.29 is 0 Å². The summed E-state index contributed by atoms with van der Waals surface area (Å²) in [6, 6.07) is 0.629. The minimum Gasteiger partial charge on any atom is -0.316 e. The Morgan fingerprint density at radius 3 is 2.76 bits per heavy atom. The van der Waals surface area contributed by atoms with Gasteiger partial charge in [-0.1, -0.05) is 31.0 Å². The van der Waals surface area contributed by atoms with Crippen LogP contribution >= 0.6 is 23.3 Å². The van der Waals surface area contributed by atoms with Gasteiger partial charge in [0, 0.05) is 11.8 Å². The first kappa shape index (κ1) is 13.3. The van der Waals surface area contributed by atoms with Crippen LogP contribution in [0.3, 0.4) is 0 Å². The average Bonchev–Trinajstić information content (AvgIpc) is 2.77. The van der Waals surface area contributed by atoms with Crippen LogP contribution in [0.15, 0.2) is 4.34 Å². The Kier molecular flexibility index (Phi) is 5.25. The maximum Gasteiger partial charge on any atom is 0.170 e. The standard InChI is InChI=1S/C12H21N3S2/c1-9-14-12(17-15-9)16-8-11(13-2)10-6-4-3-5-7-10/h10-11,13H,3-8H2,1-2H3. The maximum atomic E-state index is 4.40. The van der Waals surface area contributed by atoms with Crippen LogP contribution < -0.4 is 5.32 Å². The van der Waals surface area contributed by atoms with Crippen molar-refractivity contribution in [3.63, 3.8) is 0 Å². The predicted molar refractivity (Wildman–Crippen MR) is 74.8 cm³/mol. The van der Waals surface area contributed by atoms with Crippen LogP contribution in [0, 0.1) is 12.8 Å². The summed E-state index contributed by atoms with van der Waals surface area (Å²) in [5, 5.41) is 3.48. The molecule has 0 amide bonds. The van der Waals surface area contributed by atoms with Gasteiger partial charge >= 0.3 is 0 Å². The summed E-state index contributed by atoms with van der Waals surface area (Å²) in [4.78, 5) is 4.40. The molecule has 0 spiro atoms. The molecule has 1 heterocycles. The zero-order valence-corrected chi connectivity index (χ0v) is 12.2. The number of aryl methyl sites for hydroxylation is 1. The number of aromatic nitrogens is 2. The Morgan fingerprint density at radius 1 is 1.41 bits per heavy atom. The molecule has 17 heavy (non-hydrogen) atoms. The van der Waals surface area contributed by atoms with Gasteiger partial charge in [0.2, 0.25) is 0 Å². The molecule has 5 heteroatoms. The summed E-state index contributed by atoms with van der Waals surface area (Å²) in [7, 11) is 2.09. The monoisotopic (exact) mass is 271 g/mol. The van der Waals surface area contributed by atoms with E-state index in [0.717, 1.165) is 21.8 Å². The van der Waals surface area contributed by atoms with Crippen LogP contribution in [-0.2, 0) is 0 Å². The third kappa shape index (κ3) is 3.93. The lowest BCUT2D eigenvalue weighted by Crippen LogP contribution is -2.36. The Labute approximate surface area is 112 Å². The third-order valence-corrected chi connectivity index (χ3v) is 5.53. The van der Waals surface area contributed by atoms with Gasteiger partial charge in [-0.25, -0.2) is 4.98 Å². The van der Waals surface area contributed by atoms with E-state index in [9.17, 15) is 0 Å². The minimum atomic E-state index is 0.629. The van der Waals surface area contributed by atoms with E-state index < -0.39 is 0 Å². The minimum absolute atomic E-state index is 0.629. The van der Waals surface area contributed by atoms with Crippen molar-refractivity contribution in [2.45, 2.75) is 49.4 Å². The zero-order chi connectivity index (χ0) is 12.1. The third-order valence-electron chi connectivity index (χ3n) is 3.48. The molecule has 0 bridgehead atoms. The van der Waals surface area contributed by atoms with Crippen LogP contribution in [0.1, 0.15) is 37.9 Å². The van der Waals surface area contributed by atoms with E-state index in [1.54, 1.807) is 0 Å². The van der Waals surface area contributed by atoms with Crippen molar-refractivity contribution in [2.24, 2.45) is 5.92 Å². The van der Waals surface area contributed by atoms with Gasteiger partial charge in [-0.15, -0.1) is 0 Å². The fraction of sp³-hybridized carbons (Fsp3) is 0.833. The molecule has 1 N–H and O–H groups in total. The summed E-state index contributed by atoms with van der Waals surface area (Å²) in [6.45, 7) is 1.96. The summed E-state index contributed by atoms with van der Waals surface area (Å²) in [5.41, 5.74) is 0. The Hall–Kier alpha value is -0.130. The highest BCUT2D eigenvalue weighted by atomic mass is 32.2. The van der Waals surface area contributed by atoms with Gasteiger partial charge in [0.15, 0.2) is 4.34 Å². The topological polar surface area (TPSA) is 37.8 Å². The Morgan fingerprint density at radius 2 is 2.18 bits per heavy atom. The lowest BCUT2D eigenvalue weighted by molar-refractivity contribution is 0.294. The van der Waals surface area contributed by atoms with Gasteiger partial charge in [-0.2, -0.15) is 4.37 Å². The molecular formula is C12H21N3S2. The molecule has 1 aliphatic carbocycles. The summed E-state index contributed by atoms with van der Waals surface area (Å²) in [6.07, 6.45) is 7.02. The van der Waals surface area contributed by atoms with Crippen molar-refractivity contribution in [2.75, 3.05) is 12.8 Å². The van der Waals surface area contributed by atoms with Crippen molar-refractivity contribution in [3.8, 4) is 0 Å². The van der Waals surface area contributed by atoms with Crippen LogP contribution in [0.4, 0.5) is 0 Å². The Balaban J connectivity index is 1.82. The maximum absolute atomic E-state index is 4.40. The number of nitrogens with one attached hydrogen (secondary N) is 1. The number of hydrogen-bond donors (Lipinski definition) is 1. The Bertz CT molecular complexity index is 334. The highest BCUT2D eigenvalue weighted by Gasteiger charge is 2.22. The molecule has 1 atom stereocenters. The fourth-order valence-electron chi connectivity index (χ4n) is 2.49. The summed E-state index contributed by atoms with van der Waals surface area (Å²) in [5.74, 6) is 2.88. The lowest BCUT2D eigenvalue weighted by atomic mass is 9.84. The lowest BCUT2D eigenvalue weighted by Gasteiger charge is -2.29. The number of thioether (sulfide) groups is 1. The molecule has 1 aromatic heterocycles. The van der Waals surface area contributed by atoms with E-state index in [0.29, 0.717) is 6.04 Å². The number of rotatable bonds is 5. The average molecular weight is 271 g/mol. The molecule has 1 fully saturated rings. The second-order valence-corrected chi connectivity index (χ2v) is 6.73. The number of nitrogens with zero attached hydrogens (tertiary/aromatic N) is 2. The fourth-order valence-corrected chi connectivity index (χ4v) is 4.40. The SMILES string of the molecule is CNC(CSc1nc(C)ns1)C1CCCCC1. The smallest absolute Gasteiger partial charge is 0.170 e. The largest absolute Gasteiger partial charge is 0.316 e. The summed E-state index contributed by atoms with van der Waals surface area (Å²) >= 11 is 3.37. The molecule has 96 valence electrons. The van der Waals surface area contributed by atoms with Crippen LogP contribution in [0.5, 0.6) is 0 Å². The predicted octanol–water partition coefficient (Wildman–Crippen LogP) is 3.11. The first-order valence-corrected chi connectivity index (χ1v) is 8.16. The highest BCUT2D eigenvalue weighted by Crippen LogP contribution is 2.30. The van der Waals surface area contributed by atoms with Crippen molar-refractivity contribution >= 4 is 23.3 Å². The molecule has 0 radical (unpaired) electrons. The zero-order valence-electron chi connectivity index (χ0n) is 10.6. The molecule has 1 aromatic rings. The van der Waals surface area contributed by atoms with Gasteiger partial charge in [0.1, 0.15) is 5.82 Å². The summed E-state index contributed by atoms with van der Waals surface area (Å²) < 4.78 is 5.33. The van der Waals surface area contributed by atoms with Crippen LogP contribution in [-0.4, -0.2) is 28.2 Å². The highest BCUT2D eigenvalue weighted by molar-refractivity contribution is 8.00. The van der Waals surface area contributed by atoms with Crippen molar-refractivity contribution in [1.29, 1.82) is 0 Å². The van der Waals surface area contributed by atoms with Gasteiger partial charge in [-0.3, -0.25) is 0 Å². The second-order valence-electron chi connectivity index (χ2n) is 4.71. The molecule has 1 unspecified atom stereocenters. The molecule has 2 rings (SSSR count). The first-order chi connectivity index (χ1) is 8.29. The van der Waals surface area contributed by atoms with Gasteiger partial charge in [0.25, 0.3) is 0 Å². The van der Waals surface area contributed by atoms with E-state index in [1.165, 1.54) is 43.6 Å². The first-order valence-electron chi connectivity index (χ1n) is 6.40. The van der Waals surface area contributed by atoms with Crippen molar-refractivity contribution in [3.05, 3.63) is 5.82 Å². The molecular weight excluding hydrogens is 250 g/mol.